The first-order valence-corrected chi connectivity index (χ1v) is 6.29. The Labute approximate surface area is 111 Å². The lowest BCUT2D eigenvalue weighted by Crippen LogP contribution is -2.35. The summed E-state index contributed by atoms with van der Waals surface area (Å²) in [7, 11) is 0. The molecule has 2 N–H and O–H groups in total. The molecule has 1 aliphatic heterocycles. The van der Waals surface area contributed by atoms with E-state index in [1.54, 1.807) is 12.3 Å². The zero-order valence-electron chi connectivity index (χ0n) is 10.7. The van der Waals surface area contributed by atoms with Crippen LogP contribution in [-0.2, 0) is 6.42 Å². The van der Waals surface area contributed by atoms with Gasteiger partial charge in [-0.2, -0.15) is 0 Å². The van der Waals surface area contributed by atoms with Crippen LogP contribution in [0.5, 0.6) is 0 Å². The van der Waals surface area contributed by atoms with Crippen LogP contribution < -0.4 is 10.6 Å². The number of nitrogens with two attached hydrogens (primary N) is 1. The molecule has 19 heavy (non-hydrogen) atoms. The number of hydrogen-bond donors (Lipinski definition) is 1. The first-order chi connectivity index (χ1) is 9.16. The van der Waals surface area contributed by atoms with E-state index in [4.69, 9.17) is 5.73 Å². The van der Waals surface area contributed by atoms with Crippen molar-refractivity contribution in [3.05, 3.63) is 53.9 Å². The minimum atomic E-state index is -0.0442. The van der Waals surface area contributed by atoms with E-state index in [9.17, 15) is 4.79 Å². The highest BCUT2D eigenvalue weighted by Crippen LogP contribution is 2.33. The van der Waals surface area contributed by atoms with Gasteiger partial charge in [0.25, 0.3) is 5.91 Å². The first-order valence-electron chi connectivity index (χ1n) is 6.29. The quantitative estimate of drug-likeness (QED) is 0.848. The van der Waals surface area contributed by atoms with Crippen molar-refractivity contribution in [2.75, 3.05) is 10.6 Å². The van der Waals surface area contributed by atoms with Crippen LogP contribution in [0.1, 0.15) is 22.8 Å². The second-order valence-corrected chi connectivity index (χ2v) is 4.86. The Bertz CT molecular complexity index is 639. The van der Waals surface area contributed by atoms with E-state index in [-0.39, 0.29) is 11.9 Å². The van der Waals surface area contributed by atoms with Gasteiger partial charge in [-0.05, 0) is 31.0 Å². The number of hydrogen-bond acceptors (Lipinski definition) is 3. The standard InChI is InChI=1S/C15H15N3O/c1-10-6-11-4-2-3-5-14(11)18(10)15(19)12-7-13(16)9-17-8-12/h2-5,7-10H,6,16H2,1H3. The lowest BCUT2D eigenvalue weighted by atomic mass is 10.1. The third-order valence-corrected chi connectivity index (χ3v) is 3.43. The molecule has 1 atom stereocenters. The highest BCUT2D eigenvalue weighted by molar-refractivity contribution is 6.07. The molecule has 1 aliphatic rings. The predicted molar refractivity (Wildman–Crippen MR) is 75.1 cm³/mol. The average molecular weight is 253 g/mol. The van der Waals surface area contributed by atoms with Gasteiger partial charge in [0.1, 0.15) is 0 Å². The summed E-state index contributed by atoms with van der Waals surface area (Å²) in [5, 5.41) is 0. The monoisotopic (exact) mass is 253 g/mol. The van der Waals surface area contributed by atoms with Gasteiger partial charge in [-0.3, -0.25) is 9.78 Å². The molecule has 4 nitrogen and oxygen atoms in total. The van der Waals surface area contributed by atoms with Crippen molar-refractivity contribution in [2.45, 2.75) is 19.4 Å². The van der Waals surface area contributed by atoms with E-state index in [1.165, 1.54) is 11.8 Å². The molecule has 2 aromatic rings. The van der Waals surface area contributed by atoms with Gasteiger partial charge in [0.05, 0.1) is 11.3 Å². The Morgan fingerprint density at radius 1 is 1.37 bits per heavy atom. The summed E-state index contributed by atoms with van der Waals surface area (Å²) in [6.45, 7) is 2.05. The fourth-order valence-corrected chi connectivity index (χ4v) is 2.59. The van der Waals surface area contributed by atoms with Gasteiger partial charge in [0.15, 0.2) is 0 Å². The number of para-hydroxylation sites is 1. The highest BCUT2D eigenvalue weighted by Gasteiger charge is 2.31. The van der Waals surface area contributed by atoms with Gasteiger partial charge < -0.3 is 10.6 Å². The zero-order valence-corrected chi connectivity index (χ0v) is 10.7. The van der Waals surface area contributed by atoms with Crippen LogP contribution in [0.3, 0.4) is 0 Å². The number of nitrogen functional groups attached to an aromatic ring is 1. The molecular weight excluding hydrogens is 238 g/mol. The molecule has 1 unspecified atom stereocenters. The molecule has 0 radical (unpaired) electrons. The lowest BCUT2D eigenvalue weighted by molar-refractivity contribution is 0.0981. The molecule has 1 aromatic carbocycles. The van der Waals surface area contributed by atoms with E-state index in [0.717, 1.165) is 12.1 Å². The van der Waals surface area contributed by atoms with Gasteiger partial charge in [-0.15, -0.1) is 0 Å². The summed E-state index contributed by atoms with van der Waals surface area (Å²) in [5.74, 6) is -0.0442. The van der Waals surface area contributed by atoms with Crippen molar-refractivity contribution in [1.82, 2.24) is 4.98 Å². The van der Waals surface area contributed by atoms with Crippen LogP contribution in [0, 0.1) is 0 Å². The van der Waals surface area contributed by atoms with E-state index in [2.05, 4.69) is 18.0 Å². The number of amides is 1. The number of carbonyl (C=O) groups is 1. The Balaban J connectivity index is 2.01. The van der Waals surface area contributed by atoms with Gasteiger partial charge in [0, 0.05) is 24.1 Å². The molecule has 0 bridgehead atoms. The summed E-state index contributed by atoms with van der Waals surface area (Å²) in [5.41, 5.74) is 8.92. The second kappa shape index (κ2) is 4.39. The SMILES string of the molecule is CC1Cc2ccccc2N1C(=O)c1cncc(N)c1. The average Bonchev–Trinajstić information content (AvgIpc) is 2.74. The predicted octanol–water partition coefficient (Wildman–Crippen LogP) is 2.26. The fraction of sp³-hybridized carbons (Fsp3) is 0.200. The lowest BCUT2D eigenvalue weighted by Gasteiger charge is -2.22. The summed E-state index contributed by atoms with van der Waals surface area (Å²) >= 11 is 0. The maximum atomic E-state index is 12.6. The minimum Gasteiger partial charge on any atom is -0.397 e. The molecule has 3 rings (SSSR count). The number of nitrogens with zero attached hydrogens (tertiary/aromatic N) is 2. The number of anilines is 2. The molecule has 4 heteroatoms. The summed E-state index contributed by atoms with van der Waals surface area (Å²) in [4.78, 5) is 18.4. The third-order valence-electron chi connectivity index (χ3n) is 3.43. The van der Waals surface area contributed by atoms with Gasteiger partial charge in [-0.25, -0.2) is 0 Å². The number of fused-ring (bicyclic) bond motifs is 1. The van der Waals surface area contributed by atoms with Crippen LogP contribution in [0.2, 0.25) is 0 Å². The van der Waals surface area contributed by atoms with Gasteiger partial charge in [0.2, 0.25) is 0 Å². The molecule has 0 spiro atoms. The minimum absolute atomic E-state index is 0.0442. The Hall–Kier alpha value is -2.36. The normalized spacial score (nSPS) is 17.3. The summed E-state index contributed by atoms with van der Waals surface area (Å²) in [6.07, 6.45) is 3.99. The molecule has 0 saturated carbocycles. The van der Waals surface area contributed by atoms with Crippen molar-refractivity contribution in [2.24, 2.45) is 0 Å². The van der Waals surface area contributed by atoms with E-state index in [0.29, 0.717) is 11.3 Å². The maximum Gasteiger partial charge on any atom is 0.260 e. The molecule has 1 amide bonds. The van der Waals surface area contributed by atoms with Crippen molar-refractivity contribution < 1.29 is 4.79 Å². The largest absolute Gasteiger partial charge is 0.397 e. The maximum absolute atomic E-state index is 12.6. The smallest absolute Gasteiger partial charge is 0.260 e. The molecule has 0 aliphatic carbocycles. The number of aromatic nitrogens is 1. The Morgan fingerprint density at radius 3 is 2.95 bits per heavy atom. The molecule has 2 heterocycles. The van der Waals surface area contributed by atoms with Crippen LogP contribution in [0.4, 0.5) is 11.4 Å². The second-order valence-electron chi connectivity index (χ2n) is 4.86. The molecule has 0 fully saturated rings. The highest BCUT2D eigenvalue weighted by atomic mass is 16.2. The zero-order chi connectivity index (χ0) is 13.4. The first kappa shape index (κ1) is 11.7. The number of rotatable bonds is 1. The van der Waals surface area contributed by atoms with Crippen molar-refractivity contribution in [1.29, 1.82) is 0 Å². The fourth-order valence-electron chi connectivity index (χ4n) is 2.59. The number of pyridine rings is 1. The molecule has 96 valence electrons. The Morgan fingerprint density at radius 2 is 2.16 bits per heavy atom. The van der Waals surface area contributed by atoms with Crippen molar-refractivity contribution >= 4 is 17.3 Å². The van der Waals surface area contributed by atoms with Crippen molar-refractivity contribution in [3.8, 4) is 0 Å². The molecule has 0 saturated heterocycles. The third kappa shape index (κ3) is 1.95. The van der Waals surface area contributed by atoms with Gasteiger partial charge in [-0.1, -0.05) is 18.2 Å². The van der Waals surface area contributed by atoms with E-state index in [1.807, 2.05) is 23.1 Å². The summed E-state index contributed by atoms with van der Waals surface area (Å²) in [6, 6.07) is 9.83. The number of carbonyl (C=O) groups excluding carboxylic acids is 1. The molecular formula is C15H15N3O. The number of benzene rings is 1. The van der Waals surface area contributed by atoms with Crippen molar-refractivity contribution in [3.63, 3.8) is 0 Å². The van der Waals surface area contributed by atoms with Crippen LogP contribution in [0.15, 0.2) is 42.7 Å². The summed E-state index contributed by atoms with van der Waals surface area (Å²) < 4.78 is 0. The van der Waals surface area contributed by atoms with E-state index >= 15 is 0 Å². The Kier molecular flexibility index (Phi) is 2.71. The van der Waals surface area contributed by atoms with E-state index < -0.39 is 0 Å². The van der Waals surface area contributed by atoms with Crippen LogP contribution in [0.25, 0.3) is 0 Å². The molecule has 1 aromatic heterocycles. The topological polar surface area (TPSA) is 59.2 Å². The van der Waals surface area contributed by atoms with Crippen LogP contribution in [-0.4, -0.2) is 16.9 Å². The van der Waals surface area contributed by atoms with Gasteiger partial charge >= 0.3 is 0 Å². The van der Waals surface area contributed by atoms with Crippen LogP contribution >= 0.6 is 0 Å².